The number of hydrogen-bond acceptors (Lipinski definition) is 1. The average Bonchev–Trinajstić information content (AvgIpc) is 2.40. The molecule has 1 unspecified atom stereocenters. The summed E-state index contributed by atoms with van der Waals surface area (Å²) in [6, 6.07) is 7.89. The Hall–Kier alpha value is -1.31. The van der Waals surface area contributed by atoms with Crippen molar-refractivity contribution in [2.24, 2.45) is 0 Å². The minimum absolute atomic E-state index is 0.607. The Morgan fingerprint density at radius 3 is 1.90 bits per heavy atom. The van der Waals surface area contributed by atoms with E-state index in [0.29, 0.717) is 0 Å². The number of hydrogen-bond donors (Lipinski definition) is 1. The van der Waals surface area contributed by atoms with Gasteiger partial charge in [0.25, 0.3) is 0 Å². The highest BCUT2D eigenvalue weighted by Gasteiger charge is 2.18. The molecule has 0 fully saturated rings. The second kappa shape index (κ2) is 5.59. The molecule has 0 radical (unpaired) electrons. The van der Waals surface area contributed by atoms with E-state index in [1.807, 2.05) is 25.1 Å². The van der Waals surface area contributed by atoms with Crippen LogP contribution < -0.4 is 0 Å². The van der Waals surface area contributed by atoms with Crippen molar-refractivity contribution >= 4 is 11.6 Å². The third kappa shape index (κ3) is 2.61. The van der Waals surface area contributed by atoms with Gasteiger partial charge in [0, 0.05) is 5.02 Å². The molecule has 1 nitrogen and oxygen atoms in total. The zero-order chi connectivity index (χ0) is 15.0. The highest BCUT2D eigenvalue weighted by Crippen LogP contribution is 2.32. The first-order chi connectivity index (χ1) is 9.32. The second-order valence-electron chi connectivity index (χ2n) is 5.59. The fraction of sp³-hybridized carbons (Fsp3) is 0.333. The third-order valence-corrected chi connectivity index (χ3v) is 4.62. The first-order valence-electron chi connectivity index (χ1n) is 6.84. The van der Waals surface area contributed by atoms with Crippen LogP contribution in [0.1, 0.15) is 45.0 Å². The van der Waals surface area contributed by atoms with Gasteiger partial charge in [-0.1, -0.05) is 29.8 Å². The van der Waals surface area contributed by atoms with E-state index < -0.39 is 6.10 Å². The number of benzene rings is 2. The second-order valence-corrected chi connectivity index (χ2v) is 5.99. The van der Waals surface area contributed by atoms with Crippen molar-refractivity contribution in [1.29, 1.82) is 0 Å². The summed E-state index contributed by atoms with van der Waals surface area (Å²) in [5, 5.41) is 11.5. The van der Waals surface area contributed by atoms with Gasteiger partial charge in [-0.2, -0.15) is 0 Å². The van der Waals surface area contributed by atoms with E-state index in [1.165, 1.54) is 11.1 Å². The van der Waals surface area contributed by atoms with Gasteiger partial charge in [-0.15, -0.1) is 0 Å². The Balaban J connectivity index is 2.58. The van der Waals surface area contributed by atoms with Crippen molar-refractivity contribution in [3.8, 4) is 0 Å². The Bertz CT molecular complexity index is 633. The van der Waals surface area contributed by atoms with Crippen LogP contribution in [0.3, 0.4) is 0 Å². The molecule has 20 heavy (non-hydrogen) atoms. The fourth-order valence-corrected chi connectivity index (χ4v) is 2.78. The van der Waals surface area contributed by atoms with Crippen LogP contribution in [-0.2, 0) is 0 Å². The average molecular weight is 289 g/mol. The summed E-state index contributed by atoms with van der Waals surface area (Å²) in [5.74, 6) is 0. The summed E-state index contributed by atoms with van der Waals surface area (Å²) in [6.07, 6.45) is -0.607. The largest absolute Gasteiger partial charge is 0.384 e. The molecule has 2 rings (SSSR count). The smallest absolute Gasteiger partial charge is 0.105 e. The molecule has 0 aromatic heterocycles. The minimum atomic E-state index is -0.607. The number of aryl methyl sites for hydroxylation is 3. The Kier molecular flexibility index (Phi) is 4.22. The van der Waals surface area contributed by atoms with E-state index in [1.54, 1.807) is 0 Å². The molecule has 0 saturated heterocycles. The summed E-state index contributed by atoms with van der Waals surface area (Å²) < 4.78 is 0. The van der Waals surface area contributed by atoms with Crippen molar-refractivity contribution < 1.29 is 5.11 Å². The molecule has 2 aromatic carbocycles. The zero-order valence-electron chi connectivity index (χ0n) is 12.7. The molecule has 0 amide bonds. The number of aliphatic hydroxyl groups excluding tert-OH is 1. The van der Waals surface area contributed by atoms with Gasteiger partial charge in [-0.05, 0) is 79.6 Å². The van der Waals surface area contributed by atoms with Crippen LogP contribution >= 0.6 is 11.6 Å². The third-order valence-electron chi connectivity index (χ3n) is 4.20. The number of halogens is 1. The number of aliphatic hydroxyl groups is 1. The van der Waals surface area contributed by atoms with Crippen LogP contribution in [0.5, 0.6) is 0 Å². The van der Waals surface area contributed by atoms with Gasteiger partial charge in [0.15, 0.2) is 0 Å². The van der Waals surface area contributed by atoms with E-state index in [2.05, 4.69) is 33.8 Å². The van der Waals surface area contributed by atoms with E-state index in [-0.39, 0.29) is 0 Å². The molecule has 1 N–H and O–H groups in total. The van der Waals surface area contributed by atoms with E-state index in [9.17, 15) is 5.11 Å². The van der Waals surface area contributed by atoms with Crippen molar-refractivity contribution in [2.45, 2.75) is 40.7 Å². The normalized spacial score (nSPS) is 12.6. The minimum Gasteiger partial charge on any atom is -0.384 e. The van der Waals surface area contributed by atoms with Crippen molar-refractivity contribution in [1.82, 2.24) is 0 Å². The molecule has 2 aromatic rings. The monoisotopic (exact) mass is 288 g/mol. The highest BCUT2D eigenvalue weighted by molar-refractivity contribution is 6.31. The van der Waals surface area contributed by atoms with Crippen LogP contribution in [0.2, 0.25) is 5.02 Å². The predicted octanol–water partition coefficient (Wildman–Crippen LogP) is 4.96. The van der Waals surface area contributed by atoms with Crippen molar-refractivity contribution in [3.05, 3.63) is 68.2 Å². The van der Waals surface area contributed by atoms with E-state index in [4.69, 9.17) is 11.6 Å². The van der Waals surface area contributed by atoms with Gasteiger partial charge in [0.1, 0.15) is 6.10 Å². The highest BCUT2D eigenvalue weighted by atomic mass is 35.5. The zero-order valence-corrected chi connectivity index (χ0v) is 13.5. The van der Waals surface area contributed by atoms with Gasteiger partial charge in [0.05, 0.1) is 0 Å². The van der Waals surface area contributed by atoms with Gasteiger partial charge >= 0.3 is 0 Å². The Morgan fingerprint density at radius 1 is 0.850 bits per heavy atom. The van der Waals surface area contributed by atoms with Gasteiger partial charge in [-0.25, -0.2) is 0 Å². The Morgan fingerprint density at radius 2 is 1.40 bits per heavy atom. The van der Waals surface area contributed by atoms with Crippen LogP contribution in [0.4, 0.5) is 0 Å². The number of rotatable bonds is 2. The SMILES string of the molecule is Cc1cc(C(O)c2c(C)c(C)cc(C)c2C)ccc1Cl. The van der Waals surface area contributed by atoms with Crippen LogP contribution in [0, 0.1) is 34.6 Å². The molecule has 0 aliphatic carbocycles. The molecular formula is C18H21ClO. The molecule has 0 aliphatic heterocycles. The van der Waals surface area contributed by atoms with Gasteiger partial charge in [0.2, 0.25) is 0 Å². The lowest BCUT2D eigenvalue weighted by Gasteiger charge is -2.21. The van der Waals surface area contributed by atoms with Crippen molar-refractivity contribution in [2.75, 3.05) is 0 Å². The summed E-state index contributed by atoms with van der Waals surface area (Å²) in [5.41, 5.74) is 7.65. The molecule has 1 atom stereocenters. The lowest BCUT2D eigenvalue weighted by Crippen LogP contribution is -2.07. The fourth-order valence-electron chi connectivity index (χ4n) is 2.66. The first kappa shape index (κ1) is 15.1. The lowest BCUT2D eigenvalue weighted by atomic mass is 9.88. The maximum atomic E-state index is 10.8. The quantitative estimate of drug-likeness (QED) is 0.828. The van der Waals surface area contributed by atoms with Crippen LogP contribution in [0.25, 0.3) is 0 Å². The Labute approximate surface area is 126 Å². The topological polar surface area (TPSA) is 20.2 Å². The summed E-state index contributed by atoms with van der Waals surface area (Å²) >= 11 is 6.06. The van der Waals surface area contributed by atoms with E-state index >= 15 is 0 Å². The van der Waals surface area contributed by atoms with E-state index in [0.717, 1.165) is 32.8 Å². The summed E-state index contributed by atoms with van der Waals surface area (Å²) in [7, 11) is 0. The van der Waals surface area contributed by atoms with Crippen LogP contribution in [0.15, 0.2) is 24.3 Å². The predicted molar refractivity (Wildman–Crippen MR) is 85.6 cm³/mol. The van der Waals surface area contributed by atoms with Crippen LogP contribution in [-0.4, -0.2) is 5.11 Å². The molecule has 0 saturated carbocycles. The molecular weight excluding hydrogens is 268 g/mol. The molecule has 2 heteroatoms. The summed E-state index contributed by atoms with van der Waals surface area (Å²) in [4.78, 5) is 0. The first-order valence-corrected chi connectivity index (χ1v) is 7.22. The molecule has 0 bridgehead atoms. The maximum Gasteiger partial charge on any atom is 0.105 e. The molecule has 0 aliphatic rings. The van der Waals surface area contributed by atoms with Gasteiger partial charge in [-0.3, -0.25) is 0 Å². The molecule has 106 valence electrons. The van der Waals surface area contributed by atoms with Crippen molar-refractivity contribution in [3.63, 3.8) is 0 Å². The van der Waals surface area contributed by atoms with Gasteiger partial charge < -0.3 is 5.11 Å². The molecule has 0 spiro atoms. The summed E-state index contributed by atoms with van der Waals surface area (Å²) in [6.45, 7) is 10.3. The standard InChI is InChI=1S/C18H21ClO/c1-10-8-11(2)14(5)17(13(10)4)18(20)15-6-7-16(19)12(3)9-15/h6-9,18,20H,1-5H3. The maximum absolute atomic E-state index is 10.8. The molecule has 0 heterocycles. The lowest BCUT2D eigenvalue weighted by molar-refractivity contribution is 0.218.